The van der Waals surface area contributed by atoms with Gasteiger partial charge in [-0.2, -0.15) is 0 Å². The normalized spacial score (nSPS) is 11.7. The molecule has 0 spiro atoms. The third-order valence-electron chi connectivity index (χ3n) is 3.14. The summed E-state index contributed by atoms with van der Waals surface area (Å²) in [6.07, 6.45) is 0. The summed E-state index contributed by atoms with van der Waals surface area (Å²) in [4.78, 5) is 23.6. The third kappa shape index (κ3) is 3.69. The van der Waals surface area contributed by atoms with Gasteiger partial charge in [-0.1, -0.05) is 47.5 Å². The van der Waals surface area contributed by atoms with E-state index >= 15 is 0 Å². The zero-order valence-corrected chi connectivity index (χ0v) is 12.0. The van der Waals surface area contributed by atoms with E-state index in [9.17, 15) is 14.7 Å². The van der Waals surface area contributed by atoms with Gasteiger partial charge >= 0.3 is 5.97 Å². The molecule has 2 N–H and O–H groups in total. The Bertz CT molecular complexity index is 645. The third-order valence-corrected chi connectivity index (χ3v) is 3.14. The molecule has 0 aliphatic carbocycles. The van der Waals surface area contributed by atoms with Crippen LogP contribution in [0.15, 0.2) is 48.5 Å². The van der Waals surface area contributed by atoms with Crippen LogP contribution in [-0.2, 0) is 4.79 Å². The number of carbonyl (C=O) groups excluding carboxylic acids is 1. The maximum Gasteiger partial charge on any atom is 0.330 e. The summed E-state index contributed by atoms with van der Waals surface area (Å²) in [7, 11) is 0. The van der Waals surface area contributed by atoms with Gasteiger partial charge in [0.25, 0.3) is 5.91 Å². The van der Waals surface area contributed by atoms with Crippen molar-refractivity contribution in [2.24, 2.45) is 0 Å². The van der Waals surface area contributed by atoms with Gasteiger partial charge in [0.15, 0.2) is 6.04 Å². The lowest BCUT2D eigenvalue weighted by Gasteiger charge is -2.15. The van der Waals surface area contributed by atoms with Crippen LogP contribution in [0.4, 0.5) is 0 Å². The van der Waals surface area contributed by atoms with Crippen LogP contribution in [0.5, 0.6) is 0 Å². The number of nitrogens with one attached hydrogen (secondary N) is 1. The number of benzene rings is 2. The molecule has 2 aromatic rings. The van der Waals surface area contributed by atoms with E-state index in [0.717, 1.165) is 11.1 Å². The van der Waals surface area contributed by atoms with E-state index in [-0.39, 0.29) is 0 Å². The summed E-state index contributed by atoms with van der Waals surface area (Å²) in [6, 6.07) is 13.0. The number of aliphatic carboxylic acids is 1. The highest BCUT2D eigenvalue weighted by Gasteiger charge is 2.22. The lowest BCUT2D eigenvalue weighted by atomic mass is 10.0. The summed E-state index contributed by atoms with van der Waals surface area (Å²) >= 11 is 0. The van der Waals surface area contributed by atoms with Gasteiger partial charge in [0.1, 0.15) is 0 Å². The second kappa shape index (κ2) is 6.22. The number of aryl methyl sites for hydroxylation is 2. The van der Waals surface area contributed by atoms with Crippen molar-refractivity contribution >= 4 is 11.9 Å². The zero-order valence-electron chi connectivity index (χ0n) is 12.0. The monoisotopic (exact) mass is 283 g/mol. The van der Waals surface area contributed by atoms with Crippen LogP contribution in [0, 0.1) is 13.8 Å². The number of rotatable bonds is 4. The first-order valence-electron chi connectivity index (χ1n) is 6.64. The van der Waals surface area contributed by atoms with Crippen molar-refractivity contribution in [3.63, 3.8) is 0 Å². The Morgan fingerprint density at radius 2 is 1.57 bits per heavy atom. The molecule has 2 aromatic carbocycles. The van der Waals surface area contributed by atoms with E-state index in [1.165, 1.54) is 0 Å². The molecule has 21 heavy (non-hydrogen) atoms. The van der Waals surface area contributed by atoms with Crippen molar-refractivity contribution in [2.75, 3.05) is 0 Å². The Hall–Kier alpha value is -2.62. The summed E-state index contributed by atoms with van der Waals surface area (Å²) in [5.41, 5.74) is 2.94. The number of carbonyl (C=O) groups is 2. The van der Waals surface area contributed by atoms with Crippen LogP contribution in [0.25, 0.3) is 0 Å². The molecular formula is C17H17NO3. The Morgan fingerprint density at radius 1 is 1.00 bits per heavy atom. The summed E-state index contributed by atoms with van der Waals surface area (Å²) in [6.45, 7) is 3.80. The molecule has 0 fully saturated rings. The van der Waals surface area contributed by atoms with Crippen LogP contribution in [-0.4, -0.2) is 17.0 Å². The lowest BCUT2D eigenvalue weighted by Crippen LogP contribution is -2.33. The van der Waals surface area contributed by atoms with Gasteiger partial charge in [-0.3, -0.25) is 4.79 Å². The van der Waals surface area contributed by atoms with Crippen molar-refractivity contribution < 1.29 is 14.7 Å². The van der Waals surface area contributed by atoms with E-state index in [0.29, 0.717) is 11.1 Å². The molecule has 0 bridgehead atoms. The van der Waals surface area contributed by atoms with E-state index in [4.69, 9.17) is 0 Å². The Kier molecular flexibility index (Phi) is 4.38. The standard InChI is InChI=1S/C17H17NO3/c1-11-8-12(2)10-14(9-11)16(19)18-15(17(20)21)13-6-4-3-5-7-13/h3-10,15H,1-2H3,(H,18,19)(H,20,21)/t15-/m1/s1. The molecule has 0 aliphatic heterocycles. The van der Waals surface area contributed by atoms with Crippen molar-refractivity contribution in [2.45, 2.75) is 19.9 Å². The number of carboxylic acid groups (broad SMARTS) is 1. The topological polar surface area (TPSA) is 66.4 Å². The van der Waals surface area contributed by atoms with Gasteiger partial charge in [-0.15, -0.1) is 0 Å². The minimum Gasteiger partial charge on any atom is -0.479 e. The number of amides is 1. The quantitative estimate of drug-likeness (QED) is 0.906. The van der Waals surface area contributed by atoms with Crippen LogP contribution >= 0.6 is 0 Å². The predicted octanol–water partition coefficient (Wildman–Crippen LogP) is 2.86. The van der Waals surface area contributed by atoms with Crippen LogP contribution in [0.2, 0.25) is 0 Å². The molecule has 108 valence electrons. The Morgan fingerprint density at radius 3 is 2.10 bits per heavy atom. The van der Waals surface area contributed by atoms with Gasteiger partial charge in [0.2, 0.25) is 0 Å². The predicted molar refractivity (Wildman–Crippen MR) is 80.2 cm³/mol. The van der Waals surface area contributed by atoms with Crippen molar-refractivity contribution in [1.82, 2.24) is 5.32 Å². The van der Waals surface area contributed by atoms with Gasteiger partial charge in [-0.25, -0.2) is 4.79 Å². The van der Waals surface area contributed by atoms with Crippen LogP contribution < -0.4 is 5.32 Å². The highest BCUT2D eigenvalue weighted by Crippen LogP contribution is 2.15. The highest BCUT2D eigenvalue weighted by molar-refractivity contribution is 5.97. The minimum absolute atomic E-state index is 0.391. The molecule has 4 nitrogen and oxygen atoms in total. The number of carboxylic acids is 1. The average Bonchev–Trinajstić information content (AvgIpc) is 2.44. The molecule has 1 atom stereocenters. The number of hydrogen-bond donors (Lipinski definition) is 2. The number of hydrogen-bond acceptors (Lipinski definition) is 2. The fraction of sp³-hybridized carbons (Fsp3) is 0.176. The largest absolute Gasteiger partial charge is 0.479 e. The van der Waals surface area contributed by atoms with E-state index in [1.807, 2.05) is 19.9 Å². The molecule has 1 amide bonds. The van der Waals surface area contributed by atoms with Gasteiger partial charge in [0.05, 0.1) is 0 Å². The summed E-state index contributed by atoms with van der Waals surface area (Å²) < 4.78 is 0. The van der Waals surface area contributed by atoms with Crippen LogP contribution in [0.3, 0.4) is 0 Å². The summed E-state index contributed by atoms with van der Waals surface area (Å²) in [5, 5.41) is 11.9. The van der Waals surface area contributed by atoms with Crippen LogP contribution in [0.1, 0.15) is 33.1 Å². The Balaban J connectivity index is 2.25. The fourth-order valence-corrected chi connectivity index (χ4v) is 2.25. The van der Waals surface area contributed by atoms with Gasteiger partial charge < -0.3 is 10.4 Å². The molecular weight excluding hydrogens is 266 g/mol. The maximum absolute atomic E-state index is 12.3. The van der Waals surface area contributed by atoms with E-state index in [1.54, 1.807) is 42.5 Å². The molecule has 0 saturated heterocycles. The van der Waals surface area contributed by atoms with E-state index < -0.39 is 17.9 Å². The first kappa shape index (κ1) is 14.8. The van der Waals surface area contributed by atoms with E-state index in [2.05, 4.69) is 5.32 Å². The fourth-order valence-electron chi connectivity index (χ4n) is 2.25. The molecule has 0 aliphatic rings. The first-order valence-corrected chi connectivity index (χ1v) is 6.64. The highest BCUT2D eigenvalue weighted by atomic mass is 16.4. The molecule has 0 aromatic heterocycles. The molecule has 0 heterocycles. The first-order chi connectivity index (χ1) is 9.97. The lowest BCUT2D eigenvalue weighted by molar-refractivity contribution is -0.139. The zero-order chi connectivity index (χ0) is 15.4. The van der Waals surface area contributed by atoms with Gasteiger partial charge in [0, 0.05) is 5.56 Å². The van der Waals surface area contributed by atoms with Crippen molar-refractivity contribution in [3.05, 3.63) is 70.8 Å². The Labute approximate surface area is 123 Å². The second-order valence-corrected chi connectivity index (χ2v) is 5.03. The average molecular weight is 283 g/mol. The molecule has 4 heteroatoms. The van der Waals surface area contributed by atoms with Crippen molar-refractivity contribution in [1.29, 1.82) is 0 Å². The maximum atomic E-state index is 12.3. The SMILES string of the molecule is Cc1cc(C)cc(C(=O)N[C@@H](C(=O)O)c2ccccc2)c1. The molecule has 2 rings (SSSR count). The van der Waals surface area contributed by atoms with Gasteiger partial charge in [-0.05, 0) is 31.5 Å². The smallest absolute Gasteiger partial charge is 0.330 e. The minimum atomic E-state index is -1.08. The molecule has 0 saturated carbocycles. The molecule has 0 unspecified atom stereocenters. The summed E-state index contributed by atoms with van der Waals surface area (Å²) in [5.74, 6) is -1.48. The molecule has 0 radical (unpaired) electrons. The van der Waals surface area contributed by atoms with Crippen molar-refractivity contribution in [3.8, 4) is 0 Å². The second-order valence-electron chi connectivity index (χ2n) is 5.03.